The van der Waals surface area contributed by atoms with Crippen LogP contribution >= 0.6 is 7.75 Å². The van der Waals surface area contributed by atoms with Crippen LogP contribution in [0, 0.1) is 17.2 Å². The van der Waals surface area contributed by atoms with Gasteiger partial charge in [0.05, 0.1) is 12.3 Å². The summed E-state index contributed by atoms with van der Waals surface area (Å²) in [4.78, 5) is 43.8. The van der Waals surface area contributed by atoms with Gasteiger partial charge in [-0.1, -0.05) is 75.2 Å². The Morgan fingerprint density at radius 1 is 1.08 bits per heavy atom. The molecule has 7 atom stereocenters. The molecule has 1 fully saturated rings. The van der Waals surface area contributed by atoms with Gasteiger partial charge in [0.1, 0.15) is 47.5 Å². The van der Waals surface area contributed by atoms with Crippen molar-refractivity contribution in [1.82, 2.24) is 24.6 Å². The molecular formula is C40H50N7O11P. The molecular weight excluding hydrogens is 785 g/mol. The molecule has 0 unspecified atom stereocenters. The minimum absolute atomic E-state index is 0.00830. The van der Waals surface area contributed by atoms with Gasteiger partial charge in [0, 0.05) is 6.54 Å². The van der Waals surface area contributed by atoms with Crippen LogP contribution in [0.3, 0.4) is 0 Å². The second-order valence-corrected chi connectivity index (χ2v) is 16.9. The first kappa shape index (κ1) is 44.5. The Hall–Kier alpha value is -5.57. The number of rotatable bonds is 17. The summed E-state index contributed by atoms with van der Waals surface area (Å²) in [5.41, 5.74) is 3.36. The molecule has 18 nitrogen and oxygen atoms in total. The number of nitrogens with one attached hydrogen (secondary N) is 1. The first-order valence-corrected chi connectivity index (χ1v) is 20.6. The number of aliphatic carboxylic acids is 1. The molecule has 1 amide bonds. The summed E-state index contributed by atoms with van der Waals surface area (Å²) in [6.07, 6.45) is -3.90. The van der Waals surface area contributed by atoms with Gasteiger partial charge in [-0.05, 0) is 63.4 Å². The number of nitrogens with two attached hydrogens (primary N) is 1. The van der Waals surface area contributed by atoms with Crippen LogP contribution in [-0.4, -0.2) is 90.6 Å². The maximum Gasteiger partial charge on any atom is 0.462 e. The van der Waals surface area contributed by atoms with E-state index in [0.29, 0.717) is 18.4 Å². The summed E-state index contributed by atoms with van der Waals surface area (Å²) >= 11 is 0. The van der Waals surface area contributed by atoms with Crippen LogP contribution < -0.4 is 15.6 Å². The lowest BCUT2D eigenvalue weighted by Gasteiger charge is -2.35. The number of esters is 1. The van der Waals surface area contributed by atoms with E-state index in [1.165, 1.54) is 35.7 Å². The average molecular weight is 836 g/mol. The van der Waals surface area contributed by atoms with E-state index >= 15 is 4.57 Å². The molecule has 1 aliphatic heterocycles. The SMILES string of the molecule is CCC(CC)CN([C@@H](C)C(=O)O)[P@](=O)(OC[C@H]1O[C@@](C#N)(c2ccc3c(N)ncnn23)[C@H](O)[C@@H]1OC(=O)[C@H](NC(=O)OC(C)(C)C)c1ccccc1)Oc1ccccc1. The van der Waals surface area contributed by atoms with Crippen LogP contribution in [0.2, 0.25) is 0 Å². The fraction of sp³-hybridized carbons (Fsp3) is 0.450. The van der Waals surface area contributed by atoms with Crippen molar-refractivity contribution in [2.75, 3.05) is 18.9 Å². The second-order valence-electron chi connectivity index (χ2n) is 15.0. The highest BCUT2D eigenvalue weighted by atomic mass is 31.2. The summed E-state index contributed by atoms with van der Waals surface area (Å²) in [5.74, 6) is -2.36. The monoisotopic (exact) mass is 835 g/mol. The number of aliphatic hydroxyl groups is 1. The second kappa shape index (κ2) is 18.6. The highest BCUT2D eigenvalue weighted by Crippen LogP contribution is 2.55. The fourth-order valence-corrected chi connectivity index (χ4v) is 8.55. The molecule has 1 aliphatic rings. The lowest BCUT2D eigenvalue weighted by atomic mass is 9.92. The van der Waals surface area contributed by atoms with Crippen molar-refractivity contribution in [2.24, 2.45) is 5.92 Å². The molecule has 3 heterocycles. The number of nitriles is 1. The Balaban J connectivity index is 1.59. The van der Waals surface area contributed by atoms with E-state index in [-0.39, 0.29) is 35.2 Å². The van der Waals surface area contributed by atoms with Crippen molar-refractivity contribution in [3.63, 3.8) is 0 Å². The molecule has 2 aromatic heterocycles. The van der Waals surface area contributed by atoms with Crippen LogP contribution in [0.4, 0.5) is 10.6 Å². The third-order valence-corrected chi connectivity index (χ3v) is 11.9. The van der Waals surface area contributed by atoms with Crippen molar-refractivity contribution in [3.8, 4) is 11.8 Å². The summed E-state index contributed by atoms with van der Waals surface area (Å²) in [5, 5.41) is 39.9. The van der Waals surface area contributed by atoms with Gasteiger partial charge in [-0.15, -0.1) is 0 Å². The van der Waals surface area contributed by atoms with Gasteiger partial charge in [-0.3, -0.25) is 9.32 Å². The molecule has 0 bridgehead atoms. The summed E-state index contributed by atoms with van der Waals surface area (Å²) in [6.45, 7) is 9.34. The number of carbonyl (C=O) groups is 3. The average Bonchev–Trinajstić information content (AvgIpc) is 3.76. The molecule has 19 heteroatoms. The van der Waals surface area contributed by atoms with Gasteiger partial charge in [0.25, 0.3) is 0 Å². The number of anilines is 1. The number of hydrogen-bond donors (Lipinski definition) is 4. The summed E-state index contributed by atoms with van der Waals surface area (Å²) < 4.78 is 47.5. The number of amides is 1. The maximum atomic E-state index is 15.2. The summed E-state index contributed by atoms with van der Waals surface area (Å²) in [6, 6.07) is 18.2. The Morgan fingerprint density at radius 3 is 2.32 bits per heavy atom. The number of aromatic nitrogens is 3. The number of alkyl carbamates (subject to hydrolysis) is 1. The van der Waals surface area contributed by atoms with Gasteiger partial charge in [0.2, 0.25) is 5.60 Å². The third-order valence-electron chi connectivity index (χ3n) is 9.83. The number of nitrogens with zero attached hydrogens (tertiary/aromatic N) is 5. The Kier molecular flexibility index (Phi) is 14.0. The van der Waals surface area contributed by atoms with Crippen LogP contribution in [-0.2, 0) is 38.5 Å². The minimum Gasteiger partial charge on any atom is -0.480 e. The number of aliphatic hydroxyl groups excluding tert-OH is 1. The lowest BCUT2D eigenvalue weighted by Crippen LogP contribution is -2.46. The van der Waals surface area contributed by atoms with E-state index in [4.69, 9.17) is 29.0 Å². The van der Waals surface area contributed by atoms with Gasteiger partial charge in [0.15, 0.2) is 18.0 Å². The molecule has 316 valence electrons. The number of carbonyl (C=O) groups excluding carboxylic acids is 2. The highest BCUT2D eigenvalue weighted by molar-refractivity contribution is 7.51. The third kappa shape index (κ3) is 10.0. The quantitative estimate of drug-likeness (QED) is 0.0769. The van der Waals surface area contributed by atoms with Crippen molar-refractivity contribution in [2.45, 2.75) is 96.0 Å². The predicted molar refractivity (Wildman–Crippen MR) is 213 cm³/mol. The Morgan fingerprint density at radius 2 is 1.73 bits per heavy atom. The minimum atomic E-state index is -4.68. The smallest absolute Gasteiger partial charge is 0.462 e. The van der Waals surface area contributed by atoms with Crippen molar-refractivity contribution >= 4 is 37.1 Å². The number of nitrogen functional groups attached to an aromatic ring is 1. The van der Waals surface area contributed by atoms with Crippen LogP contribution in [0.25, 0.3) is 5.52 Å². The molecule has 0 spiro atoms. The van der Waals surface area contributed by atoms with Crippen LogP contribution in [0.1, 0.15) is 71.7 Å². The van der Waals surface area contributed by atoms with Crippen LogP contribution in [0.5, 0.6) is 5.75 Å². The van der Waals surface area contributed by atoms with Crippen molar-refractivity contribution < 1.29 is 52.4 Å². The van der Waals surface area contributed by atoms with Gasteiger partial charge in [-0.25, -0.2) is 23.7 Å². The standard InChI is InChI=1S/C40H50N7O11P/c1-7-26(8-2)21-46(25(3)36(49)50)59(53,58-28-17-13-10-14-18-28)54-22-30-33(34(48)40(23-41,56-30)31-20-19-29-35(42)43-24-44-47(29)31)55-37(51)32(27-15-11-9-12-16-27)45-38(52)57-39(4,5)6/h9-20,24-26,30,32-34,48H,7-8,21-22H2,1-6H3,(H,45,52)(H,49,50)(H2,42,43,44)/t25-,30+,32+,33+,34+,40-,59-/m0/s1. The number of para-hydroxylation sites is 1. The zero-order valence-electron chi connectivity index (χ0n) is 33.6. The first-order valence-electron chi connectivity index (χ1n) is 19.1. The molecule has 0 aliphatic carbocycles. The molecule has 4 aromatic rings. The number of carboxylic acids is 1. The van der Waals surface area contributed by atoms with E-state index in [9.17, 15) is 29.9 Å². The zero-order valence-corrected chi connectivity index (χ0v) is 34.5. The summed E-state index contributed by atoms with van der Waals surface area (Å²) in [7, 11) is -4.68. The molecule has 2 aromatic carbocycles. The number of ether oxygens (including phenoxy) is 3. The van der Waals surface area contributed by atoms with Crippen LogP contribution in [0.15, 0.2) is 79.1 Å². The highest BCUT2D eigenvalue weighted by Gasteiger charge is 2.60. The van der Waals surface area contributed by atoms with Gasteiger partial charge >= 0.3 is 25.8 Å². The van der Waals surface area contributed by atoms with E-state index in [0.717, 1.165) is 11.0 Å². The van der Waals surface area contributed by atoms with E-state index < -0.39 is 74.0 Å². The van der Waals surface area contributed by atoms with E-state index in [1.807, 2.05) is 19.9 Å². The topological polar surface area (TPSA) is 250 Å². The molecule has 5 N–H and O–H groups in total. The van der Waals surface area contributed by atoms with E-state index in [1.54, 1.807) is 69.3 Å². The number of fused-ring (bicyclic) bond motifs is 1. The molecule has 1 saturated heterocycles. The fourth-order valence-electron chi connectivity index (χ4n) is 6.57. The van der Waals surface area contributed by atoms with Gasteiger partial charge < -0.3 is 40.0 Å². The number of hydrogen-bond acceptors (Lipinski definition) is 14. The normalized spacial score (nSPS) is 21.3. The molecule has 59 heavy (non-hydrogen) atoms. The molecule has 5 rings (SSSR count). The predicted octanol–water partition coefficient (Wildman–Crippen LogP) is 5.38. The zero-order chi connectivity index (χ0) is 43.1. The van der Waals surface area contributed by atoms with Gasteiger partial charge in [-0.2, -0.15) is 15.0 Å². The van der Waals surface area contributed by atoms with Crippen molar-refractivity contribution in [1.29, 1.82) is 5.26 Å². The number of benzene rings is 2. The molecule has 0 radical (unpaired) electrons. The maximum absolute atomic E-state index is 15.2. The van der Waals surface area contributed by atoms with Crippen molar-refractivity contribution in [3.05, 3.63) is 90.4 Å². The Bertz CT molecular complexity index is 2180. The largest absolute Gasteiger partial charge is 0.480 e. The molecule has 0 saturated carbocycles. The lowest BCUT2D eigenvalue weighted by molar-refractivity contribution is -0.159. The first-order chi connectivity index (χ1) is 28.0. The van der Waals surface area contributed by atoms with E-state index in [2.05, 4.69) is 15.4 Å². The number of carboxylic acid groups (broad SMARTS) is 1. The Labute approximate surface area is 341 Å².